The Labute approximate surface area is 251 Å². The number of benzene rings is 3. The highest BCUT2D eigenvalue weighted by atomic mass is 16.6. The maximum atomic E-state index is 13.4. The fourth-order valence-electron chi connectivity index (χ4n) is 4.64. The Morgan fingerprint density at radius 2 is 1.51 bits per heavy atom. The molecule has 228 valence electrons. The zero-order valence-corrected chi connectivity index (χ0v) is 24.9. The van der Waals surface area contributed by atoms with Crippen molar-refractivity contribution in [2.45, 2.75) is 70.3 Å². The lowest BCUT2D eigenvalue weighted by molar-refractivity contribution is -0.127. The number of rotatable bonds is 13. The van der Waals surface area contributed by atoms with Crippen molar-refractivity contribution in [1.82, 2.24) is 16.0 Å². The summed E-state index contributed by atoms with van der Waals surface area (Å²) in [7, 11) is 0. The van der Waals surface area contributed by atoms with Gasteiger partial charge >= 0.3 is 6.09 Å². The number of fused-ring (bicyclic) bond motifs is 1. The third kappa shape index (κ3) is 9.82. The molecule has 0 aromatic heterocycles. The summed E-state index contributed by atoms with van der Waals surface area (Å²) >= 11 is 0. The van der Waals surface area contributed by atoms with Crippen LogP contribution >= 0.6 is 0 Å². The van der Waals surface area contributed by atoms with Crippen LogP contribution in [0.5, 0.6) is 0 Å². The van der Waals surface area contributed by atoms with Crippen LogP contribution in [0, 0.1) is 0 Å². The Morgan fingerprint density at radius 1 is 0.814 bits per heavy atom. The van der Waals surface area contributed by atoms with E-state index in [4.69, 9.17) is 9.47 Å². The molecule has 10 heteroatoms. The summed E-state index contributed by atoms with van der Waals surface area (Å²) in [5.41, 5.74) is 1.13. The van der Waals surface area contributed by atoms with Crippen LogP contribution in [0.2, 0.25) is 0 Å². The van der Waals surface area contributed by atoms with Crippen molar-refractivity contribution in [3.8, 4) is 0 Å². The van der Waals surface area contributed by atoms with E-state index in [2.05, 4.69) is 21.3 Å². The summed E-state index contributed by atoms with van der Waals surface area (Å²) in [5.74, 6) is -1.26. The van der Waals surface area contributed by atoms with Gasteiger partial charge in [0.15, 0.2) is 12.2 Å². The number of nitrogens with one attached hydrogen (secondary N) is 4. The van der Waals surface area contributed by atoms with Gasteiger partial charge in [-0.2, -0.15) is 0 Å². The van der Waals surface area contributed by atoms with Gasteiger partial charge in [-0.3, -0.25) is 14.4 Å². The normalized spacial score (nSPS) is 16.5. The van der Waals surface area contributed by atoms with E-state index in [1.54, 1.807) is 20.8 Å². The summed E-state index contributed by atoms with van der Waals surface area (Å²) in [4.78, 5) is 50.9. The number of carbonyl (C=O) groups excluding carboxylic acids is 4. The smallest absolute Gasteiger partial charge is 0.407 e. The molecule has 0 bridgehead atoms. The topological polar surface area (TPSA) is 138 Å². The van der Waals surface area contributed by atoms with Crippen molar-refractivity contribution in [1.29, 1.82) is 0 Å². The molecule has 1 heterocycles. The monoisotopic (exact) mass is 588 g/mol. The third-order valence-electron chi connectivity index (χ3n) is 6.83. The molecule has 1 aliphatic heterocycles. The number of hydrogen-bond acceptors (Lipinski definition) is 6. The Morgan fingerprint density at radius 3 is 2.28 bits per heavy atom. The lowest BCUT2D eigenvalue weighted by Crippen LogP contribution is -2.46. The number of ether oxygens (including phenoxy) is 2. The first-order valence-corrected chi connectivity index (χ1v) is 14.6. The van der Waals surface area contributed by atoms with Crippen molar-refractivity contribution in [3.05, 3.63) is 78.4 Å². The molecular weight excluding hydrogens is 548 g/mol. The summed E-state index contributed by atoms with van der Waals surface area (Å²) in [6.07, 6.45) is -0.272. The van der Waals surface area contributed by atoms with E-state index in [-0.39, 0.29) is 11.8 Å². The molecule has 0 unspecified atom stereocenters. The molecule has 0 radical (unpaired) electrons. The SMILES string of the molecule is CC(C)(C)OC(=O)NCCCC[C@H](NC(=O)[C@H]1O[C@@H]1C(=O)NCCc1ccccc1)C(=O)Nc1cccc2ccccc12. The lowest BCUT2D eigenvalue weighted by atomic mass is 10.1. The zero-order valence-electron chi connectivity index (χ0n) is 24.9. The van der Waals surface area contributed by atoms with Gasteiger partial charge in [-0.15, -0.1) is 0 Å². The molecule has 1 saturated heterocycles. The number of alkyl carbamates (subject to hydrolysis) is 1. The van der Waals surface area contributed by atoms with Crippen LogP contribution < -0.4 is 21.3 Å². The molecule has 0 aliphatic carbocycles. The Kier molecular flexibility index (Phi) is 10.7. The van der Waals surface area contributed by atoms with Gasteiger partial charge in [0.25, 0.3) is 11.8 Å². The fourth-order valence-corrected chi connectivity index (χ4v) is 4.64. The maximum Gasteiger partial charge on any atom is 0.407 e. The van der Waals surface area contributed by atoms with E-state index >= 15 is 0 Å². The number of unbranched alkanes of at least 4 members (excludes halogenated alkanes) is 1. The van der Waals surface area contributed by atoms with Gasteiger partial charge in [0.1, 0.15) is 11.6 Å². The highest BCUT2D eigenvalue weighted by molar-refractivity contribution is 6.05. The molecule has 1 aliphatic rings. The fraction of sp³-hybridized carbons (Fsp3) is 0.394. The molecule has 3 aromatic rings. The molecule has 1 fully saturated rings. The van der Waals surface area contributed by atoms with E-state index in [1.165, 1.54) is 0 Å². The first-order chi connectivity index (χ1) is 20.6. The predicted octanol–water partition coefficient (Wildman–Crippen LogP) is 4.08. The average molecular weight is 589 g/mol. The highest BCUT2D eigenvalue weighted by Gasteiger charge is 2.50. The number of hydrogen-bond donors (Lipinski definition) is 4. The van der Waals surface area contributed by atoms with Gasteiger partial charge in [0, 0.05) is 24.2 Å². The minimum atomic E-state index is -0.960. The second-order valence-electron chi connectivity index (χ2n) is 11.5. The molecular formula is C33H40N4O6. The minimum Gasteiger partial charge on any atom is -0.444 e. The van der Waals surface area contributed by atoms with Crippen LogP contribution in [0.15, 0.2) is 72.8 Å². The van der Waals surface area contributed by atoms with Crippen LogP contribution in [0.1, 0.15) is 45.6 Å². The zero-order chi connectivity index (χ0) is 30.8. The lowest BCUT2D eigenvalue weighted by Gasteiger charge is -2.20. The van der Waals surface area contributed by atoms with Gasteiger partial charge in [0.2, 0.25) is 5.91 Å². The van der Waals surface area contributed by atoms with E-state index in [0.717, 1.165) is 16.3 Å². The molecule has 4 rings (SSSR count). The first kappa shape index (κ1) is 31.5. The Balaban J connectivity index is 1.31. The summed E-state index contributed by atoms with van der Waals surface area (Å²) in [6.45, 7) is 6.15. The van der Waals surface area contributed by atoms with E-state index in [1.807, 2.05) is 72.8 Å². The van der Waals surface area contributed by atoms with Crippen molar-refractivity contribution in [3.63, 3.8) is 0 Å². The minimum absolute atomic E-state index is 0.318. The van der Waals surface area contributed by atoms with Crippen molar-refractivity contribution < 1.29 is 28.7 Å². The molecule has 3 aromatic carbocycles. The van der Waals surface area contributed by atoms with Gasteiger partial charge < -0.3 is 30.7 Å². The summed E-state index contributed by atoms with van der Waals surface area (Å²) < 4.78 is 10.6. The molecule has 0 saturated carbocycles. The maximum absolute atomic E-state index is 13.4. The molecule has 4 N–H and O–H groups in total. The summed E-state index contributed by atoms with van der Waals surface area (Å²) in [6, 6.07) is 22.2. The largest absolute Gasteiger partial charge is 0.444 e. The second kappa shape index (κ2) is 14.6. The quantitative estimate of drug-likeness (QED) is 0.175. The van der Waals surface area contributed by atoms with Crippen molar-refractivity contribution in [2.24, 2.45) is 0 Å². The molecule has 43 heavy (non-hydrogen) atoms. The number of epoxide rings is 1. The molecule has 3 atom stereocenters. The van der Waals surface area contributed by atoms with Crippen LogP contribution in [0.3, 0.4) is 0 Å². The van der Waals surface area contributed by atoms with Gasteiger partial charge in [-0.05, 0) is 63.5 Å². The van der Waals surface area contributed by atoms with Crippen LogP contribution in [0.4, 0.5) is 10.5 Å². The Bertz CT molecular complexity index is 1420. The van der Waals surface area contributed by atoms with Gasteiger partial charge in [-0.25, -0.2) is 4.79 Å². The standard InChI is InChI=1S/C33H40N4O6/c1-33(2,3)43-32(41)35-20-10-9-17-26(29(38)36-25-18-11-15-23-14-7-8-16-24(23)25)37-31(40)28-27(42-28)30(39)34-21-19-22-12-5-4-6-13-22/h4-8,11-16,18,26-28H,9-10,17,19-21H2,1-3H3,(H,34,39)(H,35,41)(H,36,38)(H,37,40)/t26-,27-,28-/m0/s1. The van der Waals surface area contributed by atoms with E-state index in [0.29, 0.717) is 44.5 Å². The number of anilines is 1. The van der Waals surface area contributed by atoms with Crippen molar-refractivity contribution >= 4 is 40.3 Å². The first-order valence-electron chi connectivity index (χ1n) is 14.6. The highest BCUT2D eigenvalue weighted by Crippen LogP contribution is 2.25. The summed E-state index contributed by atoms with van der Waals surface area (Å²) in [5, 5.41) is 13.1. The third-order valence-corrected chi connectivity index (χ3v) is 6.83. The van der Waals surface area contributed by atoms with Crippen LogP contribution in [0.25, 0.3) is 10.8 Å². The molecule has 10 nitrogen and oxygen atoms in total. The van der Waals surface area contributed by atoms with Gasteiger partial charge in [-0.1, -0.05) is 66.7 Å². The number of amides is 4. The van der Waals surface area contributed by atoms with Gasteiger partial charge in [0.05, 0.1) is 0 Å². The van der Waals surface area contributed by atoms with E-state index < -0.39 is 35.9 Å². The van der Waals surface area contributed by atoms with Crippen LogP contribution in [-0.4, -0.2) is 60.8 Å². The predicted molar refractivity (Wildman–Crippen MR) is 164 cm³/mol. The average Bonchev–Trinajstić information content (AvgIpc) is 3.78. The van der Waals surface area contributed by atoms with Crippen molar-refractivity contribution in [2.75, 3.05) is 18.4 Å². The Hall–Kier alpha value is -4.44. The molecule has 0 spiro atoms. The van der Waals surface area contributed by atoms with E-state index in [9.17, 15) is 19.2 Å². The molecule has 4 amide bonds. The van der Waals surface area contributed by atoms with Crippen LogP contribution in [-0.2, 0) is 30.3 Å². The second-order valence-corrected chi connectivity index (χ2v) is 11.5. The number of carbonyl (C=O) groups is 4.